The van der Waals surface area contributed by atoms with Crippen LogP contribution in [0, 0.1) is 0 Å². The van der Waals surface area contributed by atoms with E-state index in [9.17, 15) is 13.2 Å². The van der Waals surface area contributed by atoms with Crippen LogP contribution in [0.25, 0.3) is 11.5 Å². The van der Waals surface area contributed by atoms with Crippen LogP contribution in [0.4, 0.5) is 0 Å². The van der Waals surface area contributed by atoms with E-state index in [2.05, 4.69) is 9.71 Å². The number of hydrogen-bond acceptors (Lipinski definition) is 7. The lowest BCUT2D eigenvalue weighted by atomic mass is 10.2. The fourth-order valence-electron chi connectivity index (χ4n) is 2.67. The van der Waals surface area contributed by atoms with Gasteiger partial charge in [-0.15, -0.1) is 0 Å². The highest BCUT2D eigenvalue weighted by Crippen LogP contribution is 2.22. The first-order valence-corrected chi connectivity index (χ1v) is 10.8. The Kier molecular flexibility index (Phi) is 6.86. The molecule has 0 saturated heterocycles. The zero-order chi connectivity index (χ0) is 21.6. The molecule has 2 aromatic carbocycles. The van der Waals surface area contributed by atoms with Crippen LogP contribution in [-0.4, -0.2) is 39.6 Å². The topological polar surface area (TPSA) is 108 Å². The number of nitrogens with zero attached hydrogens (tertiary/aromatic N) is 1. The lowest BCUT2D eigenvalue weighted by Crippen LogP contribution is -2.26. The number of ether oxygens (including phenoxy) is 2. The summed E-state index contributed by atoms with van der Waals surface area (Å²) in [5, 5.41) is 0. The fraction of sp³-hybridized carbons (Fsp3) is 0.238. The number of aromatic nitrogens is 1. The molecule has 3 rings (SSSR count). The highest BCUT2D eigenvalue weighted by Gasteiger charge is 2.15. The summed E-state index contributed by atoms with van der Waals surface area (Å²) in [5.74, 6) is 0.688. The highest BCUT2D eigenvalue weighted by molar-refractivity contribution is 7.89. The molecule has 30 heavy (non-hydrogen) atoms. The van der Waals surface area contributed by atoms with Crippen molar-refractivity contribution in [3.63, 3.8) is 0 Å². The van der Waals surface area contributed by atoms with Gasteiger partial charge in [-0.1, -0.05) is 0 Å². The lowest BCUT2D eigenvalue weighted by molar-refractivity contribution is 0.0526. The number of benzene rings is 2. The first-order valence-electron chi connectivity index (χ1n) is 9.28. The molecule has 158 valence electrons. The third-order valence-corrected chi connectivity index (χ3v) is 5.71. The molecule has 1 aromatic heterocycles. The van der Waals surface area contributed by atoms with Gasteiger partial charge in [-0.2, -0.15) is 0 Å². The quantitative estimate of drug-likeness (QED) is 0.520. The molecular weight excluding hydrogens is 408 g/mol. The van der Waals surface area contributed by atoms with Gasteiger partial charge in [0, 0.05) is 18.5 Å². The summed E-state index contributed by atoms with van der Waals surface area (Å²) in [6.07, 6.45) is 1.86. The minimum Gasteiger partial charge on any atom is -0.497 e. The molecule has 8 nitrogen and oxygen atoms in total. The minimum atomic E-state index is -3.71. The van der Waals surface area contributed by atoms with Gasteiger partial charge in [0.05, 0.1) is 29.9 Å². The number of hydrogen-bond donors (Lipinski definition) is 1. The molecular formula is C21H22N2O6S. The average molecular weight is 430 g/mol. The maximum Gasteiger partial charge on any atom is 0.338 e. The van der Waals surface area contributed by atoms with Crippen LogP contribution in [-0.2, 0) is 21.2 Å². The van der Waals surface area contributed by atoms with E-state index in [1.807, 2.05) is 12.1 Å². The van der Waals surface area contributed by atoms with Crippen molar-refractivity contribution in [1.29, 1.82) is 0 Å². The highest BCUT2D eigenvalue weighted by atomic mass is 32.2. The van der Waals surface area contributed by atoms with Crippen LogP contribution >= 0.6 is 0 Å². The molecule has 0 radical (unpaired) electrons. The number of rotatable bonds is 9. The summed E-state index contributed by atoms with van der Waals surface area (Å²) in [5.41, 5.74) is 1.72. The number of sulfonamides is 1. The maximum atomic E-state index is 12.4. The van der Waals surface area contributed by atoms with Crippen LogP contribution in [0.1, 0.15) is 23.0 Å². The SMILES string of the molecule is CCOC(=O)c1ccc(S(=O)(=O)NCCc2coc(-c3ccc(OC)cc3)n2)cc1. The standard InChI is InChI=1S/C21H22N2O6S/c1-3-28-21(24)16-6-10-19(11-7-16)30(25,26)22-13-12-17-14-29-20(23-17)15-4-8-18(27-2)9-5-15/h4-11,14,22H,3,12-13H2,1-2H3. The molecule has 0 fully saturated rings. The van der Waals surface area contributed by atoms with Gasteiger partial charge in [0.2, 0.25) is 15.9 Å². The summed E-state index contributed by atoms with van der Waals surface area (Å²) < 4.78 is 42.9. The van der Waals surface area contributed by atoms with Crippen molar-refractivity contribution >= 4 is 16.0 Å². The Morgan fingerprint density at radius 2 is 1.80 bits per heavy atom. The van der Waals surface area contributed by atoms with Gasteiger partial charge in [-0.3, -0.25) is 0 Å². The van der Waals surface area contributed by atoms with E-state index in [4.69, 9.17) is 13.9 Å². The molecule has 0 amide bonds. The Hall–Kier alpha value is -3.17. The maximum absolute atomic E-state index is 12.4. The van der Waals surface area contributed by atoms with Gasteiger partial charge in [0.15, 0.2) is 0 Å². The monoisotopic (exact) mass is 430 g/mol. The second-order valence-electron chi connectivity index (χ2n) is 6.27. The van der Waals surface area contributed by atoms with Gasteiger partial charge in [-0.25, -0.2) is 22.9 Å². The molecule has 0 unspecified atom stereocenters. The van der Waals surface area contributed by atoms with Crippen molar-refractivity contribution in [1.82, 2.24) is 9.71 Å². The summed E-state index contributed by atoms with van der Waals surface area (Å²) in [6, 6.07) is 12.9. The smallest absolute Gasteiger partial charge is 0.338 e. The van der Waals surface area contributed by atoms with E-state index in [1.165, 1.54) is 30.5 Å². The van der Waals surface area contributed by atoms with E-state index in [-0.39, 0.29) is 18.0 Å². The number of nitrogens with one attached hydrogen (secondary N) is 1. The van der Waals surface area contributed by atoms with Crippen LogP contribution in [0.5, 0.6) is 5.75 Å². The van der Waals surface area contributed by atoms with Crippen molar-refractivity contribution in [2.75, 3.05) is 20.3 Å². The van der Waals surface area contributed by atoms with Gasteiger partial charge in [-0.05, 0) is 55.5 Å². The van der Waals surface area contributed by atoms with Crippen LogP contribution in [0.2, 0.25) is 0 Å². The number of methoxy groups -OCH3 is 1. The van der Waals surface area contributed by atoms with Crippen molar-refractivity contribution in [3.8, 4) is 17.2 Å². The Morgan fingerprint density at radius 3 is 2.43 bits per heavy atom. The third-order valence-electron chi connectivity index (χ3n) is 4.24. The van der Waals surface area contributed by atoms with Crippen molar-refractivity contribution < 1.29 is 27.1 Å². The summed E-state index contributed by atoms with van der Waals surface area (Å²) in [4.78, 5) is 16.1. The van der Waals surface area contributed by atoms with Gasteiger partial charge in [0.25, 0.3) is 0 Å². The molecule has 9 heteroatoms. The molecule has 0 aliphatic heterocycles. The Balaban J connectivity index is 1.57. The predicted molar refractivity (Wildman–Crippen MR) is 110 cm³/mol. The summed E-state index contributed by atoms with van der Waals surface area (Å²) >= 11 is 0. The van der Waals surface area contributed by atoms with E-state index in [1.54, 1.807) is 26.2 Å². The molecule has 3 aromatic rings. The van der Waals surface area contributed by atoms with Crippen LogP contribution in [0.15, 0.2) is 64.1 Å². The average Bonchev–Trinajstić information content (AvgIpc) is 3.23. The molecule has 0 spiro atoms. The van der Waals surface area contributed by atoms with Crippen LogP contribution < -0.4 is 9.46 Å². The molecule has 0 bridgehead atoms. The normalized spacial score (nSPS) is 11.3. The number of esters is 1. The van der Waals surface area contributed by atoms with Gasteiger partial charge in [0.1, 0.15) is 12.0 Å². The first-order chi connectivity index (χ1) is 14.4. The molecule has 0 saturated carbocycles. The molecule has 0 aliphatic rings. The second-order valence-corrected chi connectivity index (χ2v) is 8.03. The third kappa shape index (κ3) is 5.25. The molecule has 0 aliphatic carbocycles. The number of carbonyl (C=O) groups excluding carboxylic acids is 1. The predicted octanol–water partition coefficient (Wildman–Crippen LogP) is 3.05. The van der Waals surface area contributed by atoms with Crippen molar-refractivity contribution in [2.45, 2.75) is 18.2 Å². The van der Waals surface area contributed by atoms with Crippen molar-refractivity contribution in [3.05, 3.63) is 66.1 Å². The van der Waals surface area contributed by atoms with E-state index < -0.39 is 16.0 Å². The van der Waals surface area contributed by atoms with Crippen molar-refractivity contribution in [2.24, 2.45) is 0 Å². The fourth-order valence-corrected chi connectivity index (χ4v) is 3.70. The zero-order valence-corrected chi connectivity index (χ0v) is 17.4. The summed E-state index contributed by atoms with van der Waals surface area (Å²) in [7, 11) is -2.12. The molecule has 1 heterocycles. The first kappa shape index (κ1) is 21.5. The van der Waals surface area contributed by atoms with E-state index in [0.717, 1.165) is 11.3 Å². The van der Waals surface area contributed by atoms with Gasteiger partial charge < -0.3 is 13.9 Å². The second kappa shape index (κ2) is 9.55. The number of carbonyl (C=O) groups is 1. The van der Waals surface area contributed by atoms with E-state index >= 15 is 0 Å². The van der Waals surface area contributed by atoms with E-state index in [0.29, 0.717) is 23.6 Å². The largest absolute Gasteiger partial charge is 0.497 e. The van der Waals surface area contributed by atoms with Gasteiger partial charge >= 0.3 is 5.97 Å². The number of oxazole rings is 1. The Labute approximate surface area is 174 Å². The zero-order valence-electron chi connectivity index (χ0n) is 16.6. The minimum absolute atomic E-state index is 0.0645. The molecule has 0 atom stereocenters. The Morgan fingerprint density at radius 1 is 1.10 bits per heavy atom. The Bertz CT molecular complexity index is 1090. The lowest BCUT2D eigenvalue weighted by Gasteiger charge is -2.07. The molecule has 1 N–H and O–H groups in total. The summed E-state index contributed by atoms with van der Waals surface area (Å²) in [6.45, 7) is 2.11. The van der Waals surface area contributed by atoms with Crippen LogP contribution in [0.3, 0.4) is 0 Å².